The third kappa shape index (κ3) is 2.99. The minimum atomic E-state index is -1.11. The van der Waals surface area contributed by atoms with Gasteiger partial charge >= 0.3 is 12.0 Å². The lowest BCUT2D eigenvalue weighted by Gasteiger charge is -2.34. The van der Waals surface area contributed by atoms with Gasteiger partial charge in [0.15, 0.2) is 0 Å². The van der Waals surface area contributed by atoms with E-state index in [0.717, 1.165) is 11.4 Å². The Morgan fingerprint density at radius 3 is 2.81 bits per heavy atom. The Bertz CT molecular complexity index is 561. The fourth-order valence-electron chi connectivity index (χ4n) is 2.70. The Kier molecular flexibility index (Phi) is 4.16. The van der Waals surface area contributed by atoms with E-state index in [2.05, 4.69) is 4.98 Å². The Labute approximate surface area is 124 Å². The van der Waals surface area contributed by atoms with E-state index in [1.807, 2.05) is 25.1 Å². The molecule has 2 rings (SSSR count). The number of carboxylic acids is 1. The van der Waals surface area contributed by atoms with Gasteiger partial charge in [0.1, 0.15) is 5.54 Å². The van der Waals surface area contributed by atoms with E-state index in [1.54, 1.807) is 14.0 Å². The fourth-order valence-corrected chi connectivity index (χ4v) is 2.70. The van der Waals surface area contributed by atoms with Crippen LogP contribution in [0.3, 0.4) is 0 Å². The maximum Gasteiger partial charge on any atom is 0.329 e. The number of hydrogen-bond acceptors (Lipinski definition) is 3. The molecule has 2 amide bonds. The first-order chi connectivity index (χ1) is 9.84. The molecule has 1 N–H and O–H groups in total. The van der Waals surface area contributed by atoms with Gasteiger partial charge in [-0.1, -0.05) is 6.07 Å². The molecule has 1 aliphatic rings. The lowest BCUT2D eigenvalue weighted by molar-refractivity contribution is -0.147. The molecule has 0 saturated carbocycles. The molecule has 21 heavy (non-hydrogen) atoms. The molecule has 2 heterocycles. The zero-order valence-corrected chi connectivity index (χ0v) is 12.7. The summed E-state index contributed by atoms with van der Waals surface area (Å²) in [5, 5.41) is 9.37. The van der Waals surface area contributed by atoms with Crippen LogP contribution in [0.15, 0.2) is 18.2 Å². The number of pyridine rings is 1. The minimum Gasteiger partial charge on any atom is -0.480 e. The van der Waals surface area contributed by atoms with Crippen molar-refractivity contribution in [2.24, 2.45) is 0 Å². The molecule has 0 aliphatic carbocycles. The maximum absolute atomic E-state index is 12.5. The standard InChI is InChI=1S/C15H21N3O3/c1-11-6-4-7-12(16-11)10-17(3)14(21)18-9-5-8-15(18,2)13(19)20/h4,6-7H,5,8-10H2,1-3H3,(H,19,20). The van der Waals surface area contributed by atoms with Crippen molar-refractivity contribution in [3.05, 3.63) is 29.6 Å². The molecular formula is C15H21N3O3. The van der Waals surface area contributed by atoms with E-state index in [0.29, 0.717) is 25.9 Å². The van der Waals surface area contributed by atoms with Crippen molar-refractivity contribution >= 4 is 12.0 Å². The number of nitrogens with zero attached hydrogens (tertiary/aromatic N) is 3. The first-order valence-electron chi connectivity index (χ1n) is 7.03. The van der Waals surface area contributed by atoms with E-state index >= 15 is 0 Å². The quantitative estimate of drug-likeness (QED) is 0.922. The molecule has 1 aromatic heterocycles. The number of likely N-dealkylation sites (tertiary alicyclic amines) is 1. The van der Waals surface area contributed by atoms with E-state index in [1.165, 1.54) is 9.80 Å². The van der Waals surface area contributed by atoms with Crippen molar-refractivity contribution in [3.63, 3.8) is 0 Å². The summed E-state index contributed by atoms with van der Waals surface area (Å²) in [6, 6.07) is 5.39. The van der Waals surface area contributed by atoms with Crippen molar-refractivity contribution in [1.29, 1.82) is 0 Å². The molecular weight excluding hydrogens is 270 g/mol. The molecule has 6 heteroatoms. The Hall–Kier alpha value is -2.11. The Morgan fingerprint density at radius 1 is 1.48 bits per heavy atom. The van der Waals surface area contributed by atoms with Crippen LogP contribution in [-0.2, 0) is 11.3 Å². The van der Waals surface area contributed by atoms with Crippen LogP contribution in [0.2, 0.25) is 0 Å². The van der Waals surface area contributed by atoms with Gasteiger partial charge in [0.2, 0.25) is 0 Å². The predicted molar refractivity (Wildman–Crippen MR) is 77.8 cm³/mol. The van der Waals surface area contributed by atoms with Crippen molar-refractivity contribution in [2.75, 3.05) is 13.6 Å². The van der Waals surface area contributed by atoms with Crippen LogP contribution < -0.4 is 0 Å². The van der Waals surface area contributed by atoms with Crippen LogP contribution in [0, 0.1) is 6.92 Å². The summed E-state index contributed by atoms with van der Waals surface area (Å²) in [7, 11) is 1.67. The number of aromatic nitrogens is 1. The Balaban J connectivity index is 2.10. The number of aryl methyl sites for hydroxylation is 1. The van der Waals surface area contributed by atoms with Crippen LogP contribution in [-0.4, -0.2) is 51.0 Å². The molecule has 0 spiro atoms. The Morgan fingerprint density at radius 2 is 2.19 bits per heavy atom. The van der Waals surface area contributed by atoms with Gasteiger partial charge < -0.3 is 14.9 Å². The second-order valence-electron chi connectivity index (χ2n) is 5.74. The third-order valence-corrected chi connectivity index (χ3v) is 4.00. The monoisotopic (exact) mass is 291 g/mol. The van der Waals surface area contributed by atoms with Gasteiger partial charge in [-0.2, -0.15) is 0 Å². The number of carbonyl (C=O) groups is 2. The lowest BCUT2D eigenvalue weighted by Crippen LogP contribution is -2.54. The van der Waals surface area contributed by atoms with Crippen molar-refractivity contribution in [1.82, 2.24) is 14.8 Å². The van der Waals surface area contributed by atoms with Gasteiger partial charge in [-0.15, -0.1) is 0 Å². The van der Waals surface area contributed by atoms with Crippen LogP contribution in [0.4, 0.5) is 4.79 Å². The molecule has 114 valence electrons. The highest BCUT2D eigenvalue weighted by molar-refractivity contribution is 5.86. The number of amides is 2. The topological polar surface area (TPSA) is 73.7 Å². The molecule has 1 fully saturated rings. The molecule has 0 radical (unpaired) electrons. The second kappa shape index (κ2) is 5.71. The average Bonchev–Trinajstić information content (AvgIpc) is 2.81. The van der Waals surface area contributed by atoms with Gasteiger partial charge in [0.05, 0.1) is 12.2 Å². The molecule has 1 atom stereocenters. The van der Waals surface area contributed by atoms with E-state index in [-0.39, 0.29) is 6.03 Å². The third-order valence-electron chi connectivity index (χ3n) is 4.00. The van der Waals surface area contributed by atoms with Gasteiger partial charge in [0, 0.05) is 19.3 Å². The average molecular weight is 291 g/mol. The van der Waals surface area contributed by atoms with Crippen LogP contribution in [0.1, 0.15) is 31.2 Å². The van der Waals surface area contributed by atoms with Crippen molar-refractivity contribution in [2.45, 2.75) is 38.8 Å². The largest absolute Gasteiger partial charge is 0.480 e. The number of carboxylic acid groups (broad SMARTS) is 1. The fraction of sp³-hybridized carbons (Fsp3) is 0.533. The van der Waals surface area contributed by atoms with Crippen LogP contribution >= 0.6 is 0 Å². The summed E-state index contributed by atoms with van der Waals surface area (Å²) in [6.07, 6.45) is 1.20. The normalized spacial score (nSPS) is 21.4. The predicted octanol–water partition coefficient (Wildman–Crippen LogP) is 1.88. The molecule has 1 aliphatic heterocycles. The zero-order chi connectivity index (χ0) is 15.6. The molecule has 1 saturated heterocycles. The van der Waals surface area contributed by atoms with Crippen LogP contribution in [0.5, 0.6) is 0 Å². The number of aliphatic carboxylic acids is 1. The summed E-state index contributed by atoms with van der Waals surface area (Å²) >= 11 is 0. The summed E-state index contributed by atoms with van der Waals surface area (Å²) in [5.74, 6) is -0.949. The number of carbonyl (C=O) groups excluding carboxylic acids is 1. The summed E-state index contributed by atoms with van der Waals surface area (Å²) in [6.45, 7) is 4.35. The summed E-state index contributed by atoms with van der Waals surface area (Å²) in [5.41, 5.74) is 0.581. The number of urea groups is 1. The summed E-state index contributed by atoms with van der Waals surface area (Å²) in [4.78, 5) is 31.3. The summed E-state index contributed by atoms with van der Waals surface area (Å²) < 4.78 is 0. The highest BCUT2D eigenvalue weighted by Crippen LogP contribution is 2.30. The van der Waals surface area contributed by atoms with E-state index in [4.69, 9.17) is 0 Å². The highest BCUT2D eigenvalue weighted by atomic mass is 16.4. The van der Waals surface area contributed by atoms with Crippen LogP contribution in [0.25, 0.3) is 0 Å². The number of rotatable bonds is 3. The molecule has 1 unspecified atom stereocenters. The zero-order valence-electron chi connectivity index (χ0n) is 12.7. The second-order valence-corrected chi connectivity index (χ2v) is 5.74. The smallest absolute Gasteiger partial charge is 0.329 e. The number of hydrogen-bond donors (Lipinski definition) is 1. The van der Waals surface area contributed by atoms with Crippen molar-refractivity contribution < 1.29 is 14.7 Å². The minimum absolute atomic E-state index is 0.263. The SMILES string of the molecule is Cc1cccc(CN(C)C(=O)N2CCCC2(C)C(=O)O)n1. The first kappa shape index (κ1) is 15.3. The molecule has 0 aromatic carbocycles. The highest BCUT2D eigenvalue weighted by Gasteiger charge is 2.46. The van der Waals surface area contributed by atoms with E-state index < -0.39 is 11.5 Å². The molecule has 0 bridgehead atoms. The van der Waals surface area contributed by atoms with Gasteiger partial charge in [-0.3, -0.25) is 4.98 Å². The molecule has 6 nitrogen and oxygen atoms in total. The van der Waals surface area contributed by atoms with E-state index in [9.17, 15) is 14.7 Å². The van der Waals surface area contributed by atoms with Gasteiger partial charge in [0.25, 0.3) is 0 Å². The van der Waals surface area contributed by atoms with Gasteiger partial charge in [-0.25, -0.2) is 9.59 Å². The molecule has 1 aromatic rings. The maximum atomic E-state index is 12.5. The van der Waals surface area contributed by atoms with Gasteiger partial charge in [-0.05, 0) is 38.8 Å². The first-order valence-corrected chi connectivity index (χ1v) is 7.03. The van der Waals surface area contributed by atoms with Crippen molar-refractivity contribution in [3.8, 4) is 0 Å². The lowest BCUT2D eigenvalue weighted by atomic mass is 10.00.